The lowest BCUT2D eigenvalue weighted by Crippen LogP contribution is -2.12. The van der Waals surface area contributed by atoms with Crippen molar-refractivity contribution in [1.82, 2.24) is 0 Å². The first kappa shape index (κ1) is 14.4. The zero-order valence-corrected chi connectivity index (χ0v) is 12.6. The van der Waals surface area contributed by atoms with E-state index in [-0.39, 0.29) is 0 Å². The molecule has 1 spiro atoms. The molecule has 1 heteroatoms. The minimum atomic E-state index is 0.520. The van der Waals surface area contributed by atoms with Crippen LogP contribution in [0.1, 0.15) is 84.5 Å². The van der Waals surface area contributed by atoms with Gasteiger partial charge >= 0.3 is 0 Å². The molecule has 0 amide bonds. The summed E-state index contributed by atoms with van der Waals surface area (Å²) >= 11 is 0. The predicted molar refractivity (Wildman–Crippen MR) is 79.5 cm³/mol. The minimum absolute atomic E-state index is 0.520. The van der Waals surface area contributed by atoms with Crippen molar-refractivity contribution in [2.45, 2.75) is 84.5 Å². The highest BCUT2D eigenvalue weighted by Gasteiger charge is 2.68. The summed E-state index contributed by atoms with van der Waals surface area (Å²) in [5.74, 6) is 0.799. The quantitative estimate of drug-likeness (QED) is 0.705. The molecule has 1 atom stereocenters. The predicted octanol–water partition coefficient (Wildman–Crippen LogP) is 4.89. The normalized spacial score (nSPS) is 32.5. The molecule has 0 heterocycles. The molecule has 18 heavy (non-hydrogen) atoms. The van der Waals surface area contributed by atoms with Gasteiger partial charge in [0.2, 0.25) is 0 Å². The van der Waals surface area contributed by atoms with Crippen LogP contribution in [0.15, 0.2) is 0 Å². The summed E-state index contributed by atoms with van der Waals surface area (Å²) in [6.07, 6.45) is 16.0. The molecule has 2 fully saturated rings. The smallest absolute Gasteiger partial charge is 0.00380 e. The molecule has 0 saturated heterocycles. The van der Waals surface area contributed by atoms with E-state index in [1.165, 1.54) is 70.6 Å². The van der Waals surface area contributed by atoms with E-state index in [0.717, 1.165) is 12.5 Å². The van der Waals surface area contributed by atoms with E-state index in [1.807, 2.05) is 0 Å². The fraction of sp³-hybridized carbons (Fsp3) is 1.00. The standard InChI is InChI=1S/C17H33N/c1-16(2)15(14-18)17(16)12-10-8-6-4-3-5-7-9-11-13-17/h15H,3-14,18H2,1-2H3. The molecular weight excluding hydrogens is 218 g/mol. The first-order valence-corrected chi connectivity index (χ1v) is 8.35. The molecule has 0 radical (unpaired) electrons. The lowest BCUT2D eigenvalue weighted by Gasteiger charge is -2.21. The molecule has 2 aliphatic carbocycles. The van der Waals surface area contributed by atoms with Crippen molar-refractivity contribution in [3.63, 3.8) is 0 Å². The van der Waals surface area contributed by atoms with Gasteiger partial charge in [-0.15, -0.1) is 0 Å². The third kappa shape index (κ3) is 2.61. The summed E-state index contributed by atoms with van der Waals surface area (Å²) in [6.45, 7) is 5.85. The fourth-order valence-electron chi connectivity index (χ4n) is 4.82. The highest BCUT2D eigenvalue weighted by Crippen LogP contribution is 2.73. The van der Waals surface area contributed by atoms with Crippen LogP contribution in [0, 0.1) is 16.7 Å². The monoisotopic (exact) mass is 251 g/mol. The molecule has 2 rings (SSSR count). The average molecular weight is 251 g/mol. The SMILES string of the molecule is CC1(C)C(CN)C12CCCCCCCCCCC2. The molecule has 0 aliphatic heterocycles. The molecule has 2 N–H and O–H groups in total. The van der Waals surface area contributed by atoms with Crippen LogP contribution >= 0.6 is 0 Å². The Morgan fingerprint density at radius 1 is 0.778 bits per heavy atom. The Balaban J connectivity index is 1.94. The first-order chi connectivity index (χ1) is 8.65. The largest absolute Gasteiger partial charge is 0.330 e. The summed E-state index contributed by atoms with van der Waals surface area (Å²) < 4.78 is 0. The van der Waals surface area contributed by atoms with Gasteiger partial charge in [-0.2, -0.15) is 0 Å². The van der Waals surface area contributed by atoms with Crippen molar-refractivity contribution in [1.29, 1.82) is 0 Å². The summed E-state index contributed by atoms with van der Waals surface area (Å²) in [7, 11) is 0. The van der Waals surface area contributed by atoms with Crippen molar-refractivity contribution in [2.75, 3.05) is 6.54 Å². The molecule has 0 aromatic carbocycles. The second-order valence-corrected chi connectivity index (χ2v) is 7.35. The Bertz CT molecular complexity index is 244. The Morgan fingerprint density at radius 2 is 1.17 bits per heavy atom. The third-order valence-electron chi connectivity index (χ3n) is 6.22. The zero-order chi connectivity index (χ0) is 13.1. The highest BCUT2D eigenvalue weighted by atomic mass is 14.8. The van der Waals surface area contributed by atoms with Gasteiger partial charge in [0.25, 0.3) is 0 Å². The van der Waals surface area contributed by atoms with Gasteiger partial charge in [0, 0.05) is 0 Å². The second kappa shape index (κ2) is 5.94. The van der Waals surface area contributed by atoms with Gasteiger partial charge in [0.15, 0.2) is 0 Å². The van der Waals surface area contributed by atoms with E-state index in [1.54, 1.807) is 0 Å². The summed E-state index contributed by atoms with van der Waals surface area (Å²) in [4.78, 5) is 0. The van der Waals surface area contributed by atoms with Crippen LogP contribution in [0.5, 0.6) is 0 Å². The fourth-order valence-corrected chi connectivity index (χ4v) is 4.82. The molecular formula is C17H33N. The zero-order valence-electron chi connectivity index (χ0n) is 12.6. The van der Waals surface area contributed by atoms with Crippen LogP contribution < -0.4 is 5.73 Å². The average Bonchev–Trinajstić information content (AvgIpc) is 2.79. The van der Waals surface area contributed by atoms with Crippen LogP contribution in [-0.4, -0.2) is 6.54 Å². The number of hydrogen-bond acceptors (Lipinski definition) is 1. The highest BCUT2D eigenvalue weighted by molar-refractivity contribution is 5.16. The molecule has 2 aliphatic rings. The van der Waals surface area contributed by atoms with Gasteiger partial charge in [-0.25, -0.2) is 0 Å². The van der Waals surface area contributed by atoms with Crippen molar-refractivity contribution in [2.24, 2.45) is 22.5 Å². The van der Waals surface area contributed by atoms with E-state index in [4.69, 9.17) is 5.73 Å². The molecule has 1 nitrogen and oxygen atoms in total. The van der Waals surface area contributed by atoms with Crippen LogP contribution in [0.25, 0.3) is 0 Å². The molecule has 0 aromatic heterocycles. The lowest BCUT2D eigenvalue weighted by molar-refractivity contribution is 0.297. The molecule has 1 unspecified atom stereocenters. The van der Waals surface area contributed by atoms with Gasteiger partial charge in [-0.05, 0) is 36.1 Å². The van der Waals surface area contributed by atoms with Gasteiger partial charge in [0.05, 0.1) is 0 Å². The number of hydrogen-bond donors (Lipinski definition) is 1. The summed E-state index contributed by atoms with van der Waals surface area (Å²) in [6, 6.07) is 0. The Morgan fingerprint density at radius 3 is 1.50 bits per heavy atom. The van der Waals surface area contributed by atoms with Gasteiger partial charge in [-0.3, -0.25) is 0 Å². The lowest BCUT2D eigenvalue weighted by atomic mass is 9.84. The van der Waals surface area contributed by atoms with E-state index >= 15 is 0 Å². The van der Waals surface area contributed by atoms with Gasteiger partial charge < -0.3 is 5.73 Å². The van der Waals surface area contributed by atoms with Crippen LogP contribution in [0.2, 0.25) is 0 Å². The van der Waals surface area contributed by atoms with Gasteiger partial charge in [0.1, 0.15) is 0 Å². The van der Waals surface area contributed by atoms with E-state index < -0.39 is 0 Å². The Kier molecular flexibility index (Phi) is 4.75. The minimum Gasteiger partial charge on any atom is -0.330 e. The van der Waals surface area contributed by atoms with Crippen molar-refractivity contribution in [3.05, 3.63) is 0 Å². The Labute approximate surface area is 114 Å². The summed E-state index contributed by atoms with van der Waals surface area (Å²) in [5.41, 5.74) is 7.16. The number of rotatable bonds is 1. The topological polar surface area (TPSA) is 26.0 Å². The molecule has 106 valence electrons. The van der Waals surface area contributed by atoms with E-state index in [0.29, 0.717) is 10.8 Å². The van der Waals surface area contributed by atoms with E-state index in [9.17, 15) is 0 Å². The maximum atomic E-state index is 6.03. The molecule has 2 saturated carbocycles. The Hall–Kier alpha value is -0.0400. The third-order valence-corrected chi connectivity index (χ3v) is 6.22. The maximum Gasteiger partial charge on any atom is -0.00380 e. The van der Waals surface area contributed by atoms with Crippen LogP contribution in [0.4, 0.5) is 0 Å². The van der Waals surface area contributed by atoms with Crippen LogP contribution in [-0.2, 0) is 0 Å². The van der Waals surface area contributed by atoms with Crippen LogP contribution in [0.3, 0.4) is 0 Å². The first-order valence-electron chi connectivity index (χ1n) is 8.35. The van der Waals surface area contributed by atoms with Crippen molar-refractivity contribution < 1.29 is 0 Å². The molecule has 0 aromatic rings. The molecule has 0 bridgehead atoms. The number of nitrogens with two attached hydrogens (primary N) is 1. The van der Waals surface area contributed by atoms with Crippen molar-refractivity contribution in [3.8, 4) is 0 Å². The maximum absolute atomic E-state index is 6.03. The van der Waals surface area contributed by atoms with Gasteiger partial charge in [-0.1, -0.05) is 71.6 Å². The summed E-state index contributed by atoms with van der Waals surface area (Å²) in [5, 5.41) is 0. The van der Waals surface area contributed by atoms with Crippen molar-refractivity contribution >= 4 is 0 Å². The van der Waals surface area contributed by atoms with E-state index in [2.05, 4.69) is 13.8 Å². The second-order valence-electron chi connectivity index (χ2n) is 7.35.